The molecule has 0 fully saturated rings. The maximum atomic E-state index is 5.18. The molecule has 3 heteroatoms. The second kappa shape index (κ2) is 5.65. The van der Waals surface area contributed by atoms with Gasteiger partial charge in [0.15, 0.2) is 0 Å². The van der Waals surface area contributed by atoms with Crippen LogP contribution in [0.1, 0.15) is 20.3 Å². The Morgan fingerprint density at radius 3 is 2.40 bits per heavy atom. The van der Waals surface area contributed by atoms with Crippen LogP contribution in [-0.2, 0) is 9.57 Å². The SMILES string of the molecule is CCC(OC)C(C)CON. The summed E-state index contributed by atoms with van der Waals surface area (Å²) in [4.78, 5) is 4.51. The smallest absolute Gasteiger partial charge is 0.0729 e. The third-order valence-corrected chi connectivity index (χ3v) is 1.70. The Morgan fingerprint density at radius 1 is 1.50 bits per heavy atom. The highest BCUT2D eigenvalue weighted by Gasteiger charge is 2.13. The Bertz CT molecular complexity index is 74.0. The summed E-state index contributed by atoms with van der Waals surface area (Å²) in [6, 6.07) is 0. The molecule has 0 aromatic heterocycles. The van der Waals surface area contributed by atoms with Crippen molar-refractivity contribution in [3.63, 3.8) is 0 Å². The van der Waals surface area contributed by atoms with E-state index in [1.54, 1.807) is 7.11 Å². The molecule has 0 aromatic rings. The van der Waals surface area contributed by atoms with Gasteiger partial charge in [0.2, 0.25) is 0 Å². The first kappa shape index (κ1) is 9.88. The molecule has 0 aliphatic carbocycles. The van der Waals surface area contributed by atoms with Gasteiger partial charge in [-0.3, -0.25) is 0 Å². The average molecular weight is 147 g/mol. The van der Waals surface area contributed by atoms with E-state index in [9.17, 15) is 0 Å². The van der Waals surface area contributed by atoms with Crippen LogP contribution in [0.25, 0.3) is 0 Å². The van der Waals surface area contributed by atoms with Crippen molar-refractivity contribution in [2.45, 2.75) is 26.4 Å². The number of methoxy groups -OCH3 is 1. The van der Waals surface area contributed by atoms with E-state index in [0.29, 0.717) is 12.5 Å². The molecule has 0 aliphatic heterocycles. The fourth-order valence-electron chi connectivity index (χ4n) is 1.06. The summed E-state index contributed by atoms with van der Waals surface area (Å²) in [6.45, 7) is 4.71. The summed E-state index contributed by atoms with van der Waals surface area (Å²) in [5, 5.41) is 0. The molecular weight excluding hydrogens is 130 g/mol. The third kappa shape index (κ3) is 3.15. The van der Waals surface area contributed by atoms with Gasteiger partial charge in [0.1, 0.15) is 0 Å². The second-order valence-corrected chi connectivity index (χ2v) is 2.49. The van der Waals surface area contributed by atoms with E-state index in [0.717, 1.165) is 6.42 Å². The quantitative estimate of drug-likeness (QED) is 0.588. The predicted octanol–water partition coefficient (Wildman–Crippen LogP) is 0.938. The molecule has 0 aliphatic rings. The molecule has 0 bridgehead atoms. The Balaban J connectivity index is 3.53. The van der Waals surface area contributed by atoms with E-state index in [4.69, 9.17) is 10.6 Å². The van der Waals surface area contributed by atoms with Crippen LogP contribution in [0, 0.1) is 5.92 Å². The van der Waals surface area contributed by atoms with E-state index >= 15 is 0 Å². The fraction of sp³-hybridized carbons (Fsp3) is 1.00. The summed E-state index contributed by atoms with van der Waals surface area (Å²) in [5.74, 6) is 5.30. The molecule has 0 aromatic carbocycles. The third-order valence-electron chi connectivity index (χ3n) is 1.70. The molecule has 62 valence electrons. The highest BCUT2D eigenvalue weighted by Crippen LogP contribution is 2.09. The summed E-state index contributed by atoms with van der Waals surface area (Å²) in [6.07, 6.45) is 1.27. The van der Waals surface area contributed by atoms with Crippen molar-refractivity contribution in [2.75, 3.05) is 13.7 Å². The number of hydrogen-bond acceptors (Lipinski definition) is 3. The normalized spacial score (nSPS) is 16.8. The Hall–Kier alpha value is -0.120. The van der Waals surface area contributed by atoms with Crippen LogP contribution in [-0.4, -0.2) is 19.8 Å². The van der Waals surface area contributed by atoms with Gasteiger partial charge >= 0.3 is 0 Å². The number of rotatable bonds is 5. The molecule has 2 atom stereocenters. The minimum atomic E-state index is 0.267. The van der Waals surface area contributed by atoms with E-state index in [1.165, 1.54) is 0 Å². The van der Waals surface area contributed by atoms with Crippen LogP contribution < -0.4 is 5.90 Å². The van der Waals surface area contributed by atoms with Gasteiger partial charge in [0.25, 0.3) is 0 Å². The monoisotopic (exact) mass is 147 g/mol. The molecule has 0 heterocycles. The van der Waals surface area contributed by atoms with Gasteiger partial charge in [-0.1, -0.05) is 13.8 Å². The van der Waals surface area contributed by atoms with E-state index in [2.05, 4.69) is 18.7 Å². The molecule has 0 saturated heterocycles. The van der Waals surface area contributed by atoms with Gasteiger partial charge in [-0.2, -0.15) is 0 Å². The molecular formula is C7H17NO2. The lowest BCUT2D eigenvalue weighted by atomic mass is 10.0. The molecule has 2 N–H and O–H groups in total. The molecule has 0 spiro atoms. The van der Waals surface area contributed by atoms with E-state index < -0.39 is 0 Å². The van der Waals surface area contributed by atoms with E-state index in [-0.39, 0.29) is 6.10 Å². The molecule has 0 amide bonds. The van der Waals surface area contributed by atoms with Crippen molar-refractivity contribution >= 4 is 0 Å². The lowest BCUT2D eigenvalue weighted by molar-refractivity contribution is 0.00658. The van der Waals surface area contributed by atoms with Crippen molar-refractivity contribution in [2.24, 2.45) is 11.8 Å². The van der Waals surface area contributed by atoms with Crippen LogP contribution in [0.5, 0.6) is 0 Å². The molecule has 0 saturated carbocycles. The predicted molar refractivity (Wildman–Crippen MR) is 40.4 cm³/mol. The van der Waals surface area contributed by atoms with Crippen LogP contribution in [0.4, 0.5) is 0 Å². The zero-order valence-corrected chi connectivity index (χ0v) is 6.96. The molecule has 10 heavy (non-hydrogen) atoms. The maximum Gasteiger partial charge on any atom is 0.0729 e. The largest absolute Gasteiger partial charge is 0.381 e. The summed E-state index contributed by atoms with van der Waals surface area (Å²) < 4.78 is 5.18. The molecule has 2 unspecified atom stereocenters. The van der Waals surface area contributed by atoms with Crippen LogP contribution >= 0.6 is 0 Å². The number of nitrogens with two attached hydrogens (primary N) is 1. The Kier molecular flexibility index (Phi) is 5.58. The fourth-order valence-corrected chi connectivity index (χ4v) is 1.06. The topological polar surface area (TPSA) is 44.5 Å². The number of ether oxygens (including phenoxy) is 1. The van der Waals surface area contributed by atoms with Crippen molar-refractivity contribution < 1.29 is 9.57 Å². The van der Waals surface area contributed by atoms with Gasteiger partial charge in [0.05, 0.1) is 12.7 Å². The number of hydrogen-bond donors (Lipinski definition) is 1. The van der Waals surface area contributed by atoms with Gasteiger partial charge in [0, 0.05) is 13.0 Å². The lowest BCUT2D eigenvalue weighted by Gasteiger charge is -2.19. The first-order valence-electron chi connectivity index (χ1n) is 3.60. The zero-order chi connectivity index (χ0) is 7.98. The zero-order valence-electron chi connectivity index (χ0n) is 6.96. The Morgan fingerprint density at radius 2 is 2.10 bits per heavy atom. The summed E-state index contributed by atoms with van der Waals surface area (Å²) in [5.41, 5.74) is 0. The van der Waals surface area contributed by atoms with Crippen molar-refractivity contribution in [3.8, 4) is 0 Å². The molecule has 0 radical (unpaired) electrons. The lowest BCUT2D eigenvalue weighted by Crippen LogP contribution is -2.24. The highest BCUT2D eigenvalue weighted by molar-refractivity contribution is 4.62. The minimum Gasteiger partial charge on any atom is -0.381 e. The van der Waals surface area contributed by atoms with Gasteiger partial charge in [-0.05, 0) is 6.42 Å². The summed E-state index contributed by atoms with van der Waals surface area (Å²) in [7, 11) is 1.71. The van der Waals surface area contributed by atoms with Crippen LogP contribution in [0.2, 0.25) is 0 Å². The standard InChI is InChI=1S/C7H17NO2/c1-4-7(9-3)6(2)5-10-8/h6-7H,4-5,8H2,1-3H3. The van der Waals surface area contributed by atoms with Gasteiger partial charge < -0.3 is 9.57 Å². The van der Waals surface area contributed by atoms with Crippen LogP contribution in [0.3, 0.4) is 0 Å². The molecule has 0 rings (SSSR count). The summed E-state index contributed by atoms with van der Waals surface area (Å²) >= 11 is 0. The molecule has 3 nitrogen and oxygen atoms in total. The Labute approximate surface area is 62.4 Å². The van der Waals surface area contributed by atoms with Crippen LogP contribution in [0.15, 0.2) is 0 Å². The highest BCUT2D eigenvalue weighted by atomic mass is 16.6. The first-order chi connectivity index (χ1) is 4.76. The van der Waals surface area contributed by atoms with Gasteiger partial charge in [-0.15, -0.1) is 0 Å². The van der Waals surface area contributed by atoms with Crippen molar-refractivity contribution in [3.05, 3.63) is 0 Å². The first-order valence-corrected chi connectivity index (χ1v) is 3.60. The average Bonchev–Trinajstić information content (AvgIpc) is 1.91. The minimum absolute atomic E-state index is 0.267. The second-order valence-electron chi connectivity index (χ2n) is 2.49. The van der Waals surface area contributed by atoms with Crippen molar-refractivity contribution in [1.82, 2.24) is 0 Å². The van der Waals surface area contributed by atoms with Crippen molar-refractivity contribution in [1.29, 1.82) is 0 Å². The maximum absolute atomic E-state index is 5.18. The van der Waals surface area contributed by atoms with Gasteiger partial charge in [-0.25, -0.2) is 5.90 Å². The van der Waals surface area contributed by atoms with E-state index in [1.807, 2.05) is 0 Å².